The van der Waals surface area contributed by atoms with Crippen molar-refractivity contribution in [3.63, 3.8) is 0 Å². The number of likely N-dealkylation sites (N-methyl/N-ethyl adjacent to an activating group) is 1. The lowest BCUT2D eigenvalue weighted by molar-refractivity contribution is 0.148. The molecule has 0 spiro atoms. The van der Waals surface area contributed by atoms with Crippen molar-refractivity contribution >= 4 is 0 Å². The molecule has 4 rings (SSSR count). The summed E-state index contributed by atoms with van der Waals surface area (Å²) in [4.78, 5) is 29.7. The summed E-state index contributed by atoms with van der Waals surface area (Å²) in [6.45, 7) is 1.12. The normalized spacial score (nSPS) is 15.2. The van der Waals surface area contributed by atoms with Gasteiger partial charge in [0, 0.05) is 29.4 Å². The molecule has 9 heteroatoms. The van der Waals surface area contributed by atoms with Crippen LogP contribution in [0.2, 0.25) is 0 Å². The van der Waals surface area contributed by atoms with Crippen LogP contribution < -0.4 is 16.0 Å². The first-order valence-corrected chi connectivity index (χ1v) is 12.9. The number of halogens is 3. The summed E-state index contributed by atoms with van der Waals surface area (Å²) < 4.78 is 52.0. The van der Waals surface area contributed by atoms with E-state index in [9.17, 15) is 18.4 Å². The molecule has 0 radical (unpaired) electrons. The molecule has 0 aliphatic heterocycles. The summed E-state index contributed by atoms with van der Waals surface area (Å²) in [5.74, 6) is -2.14. The molecule has 1 fully saturated rings. The molecule has 38 heavy (non-hydrogen) atoms. The van der Waals surface area contributed by atoms with Crippen LogP contribution in [0.15, 0.2) is 46.0 Å². The van der Waals surface area contributed by atoms with Crippen molar-refractivity contribution in [1.29, 1.82) is 0 Å². The highest BCUT2D eigenvalue weighted by Gasteiger charge is 2.29. The van der Waals surface area contributed by atoms with Crippen molar-refractivity contribution in [1.82, 2.24) is 14.0 Å². The summed E-state index contributed by atoms with van der Waals surface area (Å²) in [5.41, 5.74) is -1.61. The van der Waals surface area contributed by atoms with Gasteiger partial charge >= 0.3 is 5.69 Å². The Balaban J connectivity index is 1.96. The van der Waals surface area contributed by atoms with Crippen LogP contribution in [0.4, 0.5) is 13.2 Å². The second kappa shape index (κ2) is 11.6. The number of nitrogens with zero attached hydrogens (tertiary/aromatic N) is 3. The van der Waals surface area contributed by atoms with Crippen LogP contribution in [0.3, 0.4) is 0 Å². The molecule has 1 aliphatic rings. The van der Waals surface area contributed by atoms with Crippen molar-refractivity contribution in [2.45, 2.75) is 58.2 Å². The summed E-state index contributed by atoms with van der Waals surface area (Å²) in [6, 6.07) is 7.78. The molecule has 0 unspecified atom stereocenters. The van der Waals surface area contributed by atoms with Crippen molar-refractivity contribution in [2.75, 3.05) is 21.2 Å². The van der Waals surface area contributed by atoms with Gasteiger partial charge < -0.3 is 9.64 Å². The molecule has 1 aromatic heterocycles. The van der Waals surface area contributed by atoms with Crippen LogP contribution in [0.25, 0.3) is 11.1 Å². The van der Waals surface area contributed by atoms with Crippen molar-refractivity contribution < 1.29 is 17.9 Å². The predicted molar refractivity (Wildman–Crippen MR) is 141 cm³/mol. The third kappa shape index (κ3) is 5.29. The zero-order chi connectivity index (χ0) is 27.6. The molecule has 0 saturated heterocycles. The van der Waals surface area contributed by atoms with Crippen molar-refractivity contribution in [3.8, 4) is 16.9 Å². The Morgan fingerprint density at radius 3 is 2.21 bits per heavy atom. The van der Waals surface area contributed by atoms with Gasteiger partial charge in [-0.15, -0.1) is 0 Å². The van der Waals surface area contributed by atoms with E-state index >= 15 is 4.39 Å². The summed E-state index contributed by atoms with van der Waals surface area (Å²) in [5, 5.41) is 0. The topological polar surface area (TPSA) is 56.5 Å². The van der Waals surface area contributed by atoms with E-state index in [1.807, 2.05) is 19.0 Å². The average Bonchev–Trinajstić information content (AvgIpc) is 2.89. The molecule has 0 bridgehead atoms. The maximum absolute atomic E-state index is 15.4. The maximum atomic E-state index is 15.4. The highest BCUT2D eigenvalue weighted by molar-refractivity contribution is 5.67. The van der Waals surface area contributed by atoms with Crippen molar-refractivity contribution in [3.05, 3.63) is 85.9 Å². The van der Waals surface area contributed by atoms with E-state index in [0.29, 0.717) is 0 Å². The number of benzene rings is 2. The van der Waals surface area contributed by atoms with Gasteiger partial charge in [0.25, 0.3) is 5.56 Å². The number of rotatable bonds is 8. The van der Waals surface area contributed by atoms with E-state index in [-0.39, 0.29) is 46.6 Å². The second-order valence-electron chi connectivity index (χ2n) is 10.2. The zero-order valence-electron chi connectivity index (χ0n) is 22.3. The minimum atomic E-state index is -0.809. The average molecular weight is 530 g/mol. The zero-order valence-corrected chi connectivity index (χ0v) is 22.3. The fourth-order valence-electron chi connectivity index (χ4n) is 5.60. The summed E-state index contributed by atoms with van der Waals surface area (Å²) in [7, 11) is 5.14. The second-order valence-corrected chi connectivity index (χ2v) is 10.2. The lowest BCUT2D eigenvalue weighted by atomic mass is 9.83. The van der Waals surface area contributed by atoms with Gasteiger partial charge in [-0.2, -0.15) is 0 Å². The van der Waals surface area contributed by atoms with Crippen LogP contribution in [0, 0.1) is 30.3 Å². The van der Waals surface area contributed by atoms with E-state index < -0.39 is 35.2 Å². The minimum absolute atomic E-state index is 0.0394. The molecular weight excluding hydrogens is 495 g/mol. The van der Waals surface area contributed by atoms with Gasteiger partial charge in [0.15, 0.2) is 11.6 Å². The summed E-state index contributed by atoms with van der Waals surface area (Å²) in [6.07, 6.45) is 5.27. The molecule has 2 aromatic carbocycles. The molecule has 1 atom stereocenters. The molecule has 1 aliphatic carbocycles. The van der Waals surface area contributed by atoms with Crippen LogP contribution in [-0.4, -0.2) is 41.3 Å². The van der Waals surface area contributed by atoms with E-state index in [1.165, 1.54) is 32.2 Å². The highest BCUT2D eigenvalue weighted by Crippen LogP contribution is 2.31. The Hall–Kier alpha value is -3.33. The Labute approximate surface area is 220 Å². The predicted octanol–water partition coefficient (Wildman–Crippen LogP) is 4.97. The first kappa shape index (κ1) is 27.7. The van der Waals surface area contributed by atoms with Crippen LogP contribution in [-0.2, 0) is 13.1 Å². The smallest absolute Gasteiger partial charge is 0.331 e. The van der Waals surface area contributed by atoms with Crippen LogP contribution >= 0.6 is 0 Å². The third-order valence-corrected chi connectivity index (χ3v) is 7.74. The third-order valence-electron chi connectivity index (χ3n) is 7.74. The van der Waals surface area contributed by atoms with E-state index in [0.717, 1.165) is 53.4 Å². The molecular formula is C29H34F3N3O3. The number of methoxy groups -OCH3 is 1. The van der Waals surface area contributed by atoms with Gasteiger partial charge in [0.2, 0.25) is 0 Å². The molecule has 0 N–H and O–H groups in total. The number of ether oxygens (including phenoxy) is 1. The lowest BCUT2D eigenvalue weighted by Gasteiger charge is -2.35. The number of hydrogen-bond acceptors (Lipinski definition) is 4. The number of aromatic nitrogens is 2. The summed E-state index contributed by atoms with van der Waals surface area (Å²) >= 11 is 0. The van der Waals surface area contributed by atoms with Gasteiger partial charge in [-0.05, 0) is 58.0 Å². The Kier molecular flexibility index (Phi) is 8.45. The molecule has 0 amide bonds. The van der Waals surface area contributed by atoms with E-state index in [1.54, 1.807) is 6.07 Å². The Bertz CT molecular complexity index is 1400. The quantitative estimate of drug-likeness (QED) is 0.414. The van der Waals surface area contributed by atoms with Gasteiger partial charge in [-0.1, -0.05) is 37.5 Å². The van der Waals surface area contributed by atoms with Crippen molar-refractivity contribution in [2.24, 2.45) is 5.92 Å². The standard InChI is InChI=1S/C29H34F3N3O3/c1-18-26(20-12-8-15-25(38-4)27(20)32)28(36)35(17-24(33(2)3)19-10-6-5-7-11-19)29(37)34(18)16-21-22(30)13-9-14-23(21)31/h8-9,12-15,19,24H,5-7,10-11,16-17H2,1-4H3/t24-/m1/s1. The molecule has 204 valence electrons. The monoisotopic (exact) mass is 529 g/mol. The minimum Gasteiger partial charge on any atom is -0.494 e. The fraction of sp³-hybridized carbons (Fsp3) is 0.448. The molecule has 6 nitrogen and oxygen atoms in total. The number of hydrogen-bond donors (Lipinski definition) is 0. The first-order chi connectivity index (χ1) is 18.1. The van der Waals surface area contributed by atoms with E-state index in [4.69, 9.17) is 4.74 Å². The Morgan fingerprint density at radius 2 is 1.61 bits per heavy atom. The van der Waals surface area contributed by atoms with Crippen LogP contribution in [0.1, 0.15) is 43.4 Å². The van der Waals surface area contributed by atoms with Gasteiger partial charge in [-0.25, -0.2) is 18.0 Å². The van der Waals surface area contributed by atoms with Gasteiger partial charge in [0.1, 0.15) is 11.6 Å². The van der Waals surface area contributed by atoms with Crippen LogP contribution in [0.5, 0.6) is 5.75 Å². The largest absolute Gasteiger partial charge is 0.494 e. The SMILES string of the molecule is COc1cccc(-c2c(C)n(Cc3c(F)cccc3F)c(=O)n(C[C@H](C3CCCCC3)N(C)C)c2=O)c1F. The first-order valence-electron chi connectivity index (χ1n) is 12.9. The van der Waals surface area contributed by atoms with E-state index in [2.05, 4.69) is 0 Å². The maximum Gasteiger partial charge on any atom is 0.331 e. The molecule has 1 saturated carbocycles. The fourth-order valence-corrected chi connectivity index (χ4v) is 5.60. The molecule has 3 aromatic rings. The highest BCUT2D eigenvalue weighted by atomic mass is 19.1. The van der Waals surface area contributed by atoms with Gasteiger partial charge in [0.05, 0.1) is 19.2 Å². The Morgan fingerprint density at radius 1 is 0.974 bits per heavy atom. The molecule has 1 heterocycles. The lowest BCUT2D eigenvalue weighted by Crippen LogP contribution is -2.49. The van der Waals surface area contributed by atoms with Gasteiger partial charge in [-0.3, -0.25) is 13.9 Å².